The maximum absolute atomic E-state index is 10.9. The monoisotopic (exact) mass is 174 g/mol. The summed E-state index contributed by atoms with van der Waals surface area (Å²) < 4.78 is 4.40. The van der Waals surface area contributed by atoms with Crippen LogP contribution in [0.5, 0.6) is 0 Å². The topological polar surface area (TPSA) is 63.6 Å². The number of carbonyl (C=O) groups is 2. The smallest absolute Gasteiger partial charge is 0.306 e. The molecule has 0 aromatic rings. The number of hydrogen-bond acceptors (Lipinski definition) is 4. The van der Waals surface area contributed by atoms with E-state index in [-0.39, 0.29) is 18.8 Å². The number of esters is 1. The first-order chi connectivity index (χ1) is 5.61. The largest absolute Gasteiger partial charge is 0.469 e. The molecule has 0 heterocycles. The molecule has 0 aromatic heterocycles. The van der Waals surface area contributed by atoms with Gasteiger partial charge in [0.05, 0.1) is 13.5 Å². The van der Waals surface area contributed by atoms with E-state index in [0.717, 1.165) is 0 Å². The number of ether oxygens (including phenoxy) is 1. The maximum atomic E-state index is 10.9. The maximum Gasteiger partial charge on any atom is 0.306 e. The van der Waals surface area contributed by atoms with Gasteiger partial charge in [-0.3, -0.25) is 9.59 Å². The van der Waals surface area contributed by atoms with Crippen molar-refractivity contribution < 1.29 is 19.4 Å². The Morgan fingerprint density at radius 2 is 2.08 bits per heavy atom. The number of aliphatic hydroxyl groups excluding tert-OH is 1. The number of rotatable bonds is 5. The second kappa shape index (κ2) is 5.71. The summed E-state index contributed by atoms with van der Waals surface area (Å²) in [6, 6.07) is 0. The number of ketones is 1. The average molecular weight is 174 g/mol. The lowest BCUT2D eigenvalue weighted by molar-refractivity contribution is -0.143. The molecule has 0 radical (unpaired) electrons. The lowest BCUT2D eigenvalue weighted by Gasteiger charge is -2.09. The Morgan fingerprint density at radius 1 is 1.50 bits per heavy atom. The number of carbonyl (C=O) groups excluding carboxylic acids is 2. The van der Waals surface area contributed by atoms with Gasteiger partial charge in [-0.15, -0.1) is 0 Å². The lowest BCUT2D eigenvalue weighted by atomic mass is 9.98. The molecule has 0 aromatic carbocycles. The van der Waals surface area contributed by atoms with Gasteiger partial charge < -0.3 is 9.84 Å². The lowest BCUT2D eigenvalue weighted by Crippen LogP contribution is -2.18. The fraction of sp³-hybridized carbons (Fsp3) is 0.750. The molecule has 0 aliphatic rings. The van der Waals surface area contributed by atoms with E-state index < -0.39 is 11.9 Å². The summed E-state index contributed by atoms with van der Waals surface area (Å²) in [5.41, 5.74) is 0. The SMILES string of the molecule is COC(=O)CC(CCO)C(C)=O. The van der Waals surface area contributed by atoms with Crippen molar-refractivity contribution in [2.24, 2.45) is 5.92 Å². The quantitative estimate of drug-likeness (QED) is 0.602. The highest BCUT2D eigenvalue weighted by atomic mass is 16.5. The molecule has 0 saturated carbocycles. The highest BCUT2D eigenvalue weighted by Crippen LogP contribution is 2.09. The molecule has 70 valence electrons. The molecule has 0 bridgehead atoms. The van der Waals surface area contributed by atoms with Crippen LogP contribution < -0.4 is 0 Å². The Bertz CT molecular complexity index is 162. The third-order valence-electron chi connectivity index (χ3n) is 1.69. The summed E-state index contributed by atoms with van der Waals surface area (Å²) in [5.74, 6) is -0.902. The molecule has 0 spiro atoms. The Kier molecular flexibility index (Phi) is 5.28. The van der Waals surface area contributed by atoms with Crippen LogP contribution in [0.15, 0.2) is 0 Å². The van der Waals surface area contributed by atoms with Crippen LogP contribution in [-0.2, 0) is 14.3 Å². The summed E-state index contributed by atoms with van der Waals surface area (Å²) in [6.45, 7) is 1.32. The summed E-state index contributed by atoms with van der Waals surface area (Å²) in [6.07, 6.45) is 0.386. The number of Topliss-reactive ketones (excluding diaryl/α,β-unsaturated/α-hetero) is 1. The van der Waals surface area contributed by atoms with E-state index in [4.69, 9.17) is 5.11 Å². The molecule has 4 nitrogen and oxygen atoms in total. The van der Waals surface area contributed by atoms with Crippen LogP contribution in [0.25, 0.3) is 0 Å². The van der Waals surface area contributed by atoms with Gasteiger partial charge in [-0.1, -0.05) is 0 Å². The standard InChI is InChI=1S/C8H14O4/c1-6(10)7(3-4-9)5-8(11)12-2/h7,9H,3-5H2,1-2H3. The van der Waals surface area contributed by atoms with E-state index in [9.17, 15) is 9.59 Å². The van der Waals surface area contributed by atoms with Crippen LogP contribution in [0, 0.1) is 5.92 Å². The molecule has 0 amide bonds. The zero-order chi connectivity index (χ0) is 9.56. The Balaban J connectivity index is 3.95. The van der Waals surface area contributed by atoms with Crippen LogP contribution in [0.4, 0.5) is 0 Å². The number of hydrogen-bond donors (Lipinski definition) is 1. The third-order valence-corrected chi connectivity index (χ3v) is 1.69. The molecule has 0 rings (SSSR count). The molecule has 0 aliphatic carbocycles. The summed E-state index contributed by atoms with van der Waals surface area (Å²) in [5, 5.41) is 8.57. The average Bonchev–Trinajstić information content (AvgIpc) is 2.03. The summed E-state index contributed by atoms with van der Waals surface area (Å²) in [7, 11) is 1.28. The van der Waals surface area contributed by atoms with Crippen molar-refractivity contribution in [2.75, 3.05) is 13.7 Å². The van der Waals surface area contributed by atoms with Crippen LogP contribution >= 0.6 is 0 Å². The van der Waals surface area contributed by atoms with E-state index >= 15 is 0 Å². The van der Waals surface area contributed by atoms with Crippen molar-refractivity contribution in [3.8, 4) is 0 Å². The van der Waals surface area contributed by atoms with Gasteiger partial charge in [0.2, 0.25) is 0 Å². The van der Waals surface area contributed by atoms with E-state index in [1.807, 2.05) is 0 Å². The van der Waals surface area contributed by atoms with Crippen molar-refractivity contribution in [1.29, 1.82) is 0 Å². The minimum absolute atomic E-state index is 0.0619. The van der Waals surface area contributed by atoms with Gasteiger partial charge in [0.25, 0.3) is 0 Å². The molecule has 0 aliphatic heterocycles. The minimum atomic E-state index is -0.413. The van der Waals surface area contributed by atoms with Crippen LogP contribution in [0.2, 0.25) is 0 Å². The second-order valence-corrected chi connectivity index (χ2v) is 2.60. The molecular formula is C8H14O4. The van der Waals surface area contributed by atoms with E-state index in [2.05, 4.69) is 4.74 Å². The number of aliphatic hydroxyl groups is 1. The van der Waals surface area contributed by atoms with Gasteiger partial charge in [-0.2, -0.15) is 0 Å². The summed E-state index contributed by atoms with van der Waals surface area (Å²) >= 11 is 0. The molecule has 1 atom stereocenters. The van der Waals surface area contributed by atoms with E-state index in [1.54, 1.807) is 0 Å². The third kappa shape index (κ3) is 4.08. The molecule has 0 fully saturated rings. The van der Waals surface area contributed by atoms with Crippen molar-refractivity contribution in [3.05, 3.63) is 0 Å². The van der Waals surface area contributed by atoms with Crippen molar-refractivity contribution in [2.45, 2.75) is 19.8 Å². The first kappa shape index (κ1) is 11.1. The van der Waals surface area contributed by atoms with Gasteiger partial charge in [0.1, 0.15) is 5.78 Å². The van der Waals surface area contributed by atoms with Gasteiger partial charge in [0.15, 0.2) is 0 Å². The normalized spacial score (nSPS) is 12.2. The van der Waals surface area contributed by atoms with Crippen LogP contribution in [0.3, 0.4) is 0 Å². The predicted molar refractivity (Wildman–Crippen MR) is 42.5 cm³/mol. The second-order valence-electron chi connectivity index (χ2n) is 2.60. The van der Waals surface area contributed by atoms with Gasteiger partial charge in [0, 0.05) is 12.5 Å². The molecule has 12 heavy (non-hydrogen) atoms. The Morgan fingerprint density at radius 3 is 2.42 bits per heavy atom. The fourth-order valence-electron chi connectivity index (χ4n) is 0.889. The summed E-state index contributed by atoms with van der Waals surface area (Å²) in [4.78, 5) is 21.6. The highest BCUT2D eigenvalue weighted by molar-refractivity contribution is 5.83. The zero-order valence-corrected chi connectivity index (χ0v) is 7.37. The van der Waals surface area contributed by atoms with Gasteiger partial charge >= 0.3 is 5.97 Å². The van der Waals surface area contributed by atoms with E-state index in [1.165, 1.54) is 14.0 Å². The fourth-order valence-corrected chi connectivity index (χ4v) is 0.889. The van der Waals surface area contributed by atoms with E-state index in [0.29, 0.717) is 6.42 Å². The number of methoxy groups -OCH3 is 1. The van der Waals surface area contributed by atoms with Crippen molar-refractivity contribution >= 4 is 11.8 Å². The van der Waals surface area contributed by atoms with Crippen molar-refractivity contribution in [1.82, 2.24) is 0 Å². The predicted octanol–water partition coefficient (Wildman–Crippen LogP) is 0.137. The first-order valence-electron chi connectivity index (χ1n) is 3.80. The highest BCUT2D eigenvalue weighted by Gasteiger charge is 2.17. The molecule has 1 N–H and O–H groups in total. The van der Waals surface area contributed by atoms with Gasteiger partial charge in [-0.25, -0.2) is 0 Å². The molecule has 4 heteroatoms. The molecule has 1 unspecified atom stereocenters. The van der Waals surface area contributed by atoms with Crippen LogP contribution in [0.1, 0.15) is 19.8 Å². The van der Waals surface area contributed by atoms with Crippen LogP contribution in [-0.4, -0.2) is 30.6 Å². The molecular weight excluding hydrogens is 160 g/mol. The van der Waals surface area contributed by atoms with Crippen molar-refractivity contribution in [3.63, 3.8) is 0 Å². The Hall–Kier alpha value is -0.900. The van der Waals surface area contributed by atoms with Gasteiger partial charge in [-0.05, 0) is 13.3 Å². The molecule has 0 saturated heterocycles. The Labute approximate surface area is 71.5 Å². The minimum Gasteiger partial charge on any atom is -0.469 e. The zero-order valence-electron chi connectivity index (χ0n) is 7.37. The first-order valence-corrected chi connectivity index (χ1v) is 3.80.